The highest BCUT2D eigenvalue weighted by molar-refractivity contribution is 4.40. The average Bonchev–Trinajstić information content (AvgIpc) is 1.85. The van der Waals surface area contributed by atoms with Gasteiger partial charge in [-0.2, -0.15) is 0 Å². The van der Waals surface area contributed by atoms with Crippen molar-refractivity contribution >= 4 is 0 Å². The fourth-order valence-electron chi connectivity index (χ4n) is 0.438. The van der Waals surface area contributed by atoms with Gasteiger partial charge in [0.2, 0.25) is 0 Å². The summed E-state index contributed by atoms with van der Waals surface area (Å²) < 4.78 is 4.75. The normalized spacial score (nSPS) is 16.8. The van der Waals surface area contributed by atoms with Gasteiger partial charge in [0.1, 0.15) is 6.10 Å². The van der Waals surface area contributed by atoms with E-state index in [1.54, 1.807) is 14.0 Å². The van der Waals surface area contributed by atoms with Crippen LogP contribution in [0.4, 0.5) is 0 Å². The van der Waals surface area contributed by atoms with Gasteiger partial charge in [0.05, 0.1) is 6.61 Å². The van der Waals surface area contributed by atoms with Crippen LogP contribution in [0.1, 0.15) is 13.8 Å². The first-order chi connectivity index (χ1) is 4.66. The first-order valence-electron chi connectivity index (χ1n) is 3.16. The minimum Gasteiger partial charge on any atom is -0.382 e. The van der Waals surface area contributed by atoms with Gasteiger partial charge in [-0.15, -0.1) is 0 Å². The summed E-state index contributed by atoms with van der Waals surface area (Å²) in [6.45, 7) is 3.71. The number of methoxy groups -OCH3 is 1. The lowest BCUT2D eigenvalue weighted by molar-refractivity contribution is -0.386. The minimum atomic E-state index is -0.890. The molecular formula is C6H14O4. The molecule has 0 aliphatic heterocycles. The van der Waals surface area contributed by atoms with Gasteiger partial charge >= 0.3 is 0 Å². The van der Waals surface area contributed by atoms with Gasteiger partial charge in [0.15, 0.2) is 6.29 Å². The molecule has 0 bridgehead atoms. The van der Waals surface area contributed by atoms with E-state index in [9.17, 15) is 0 Å². The van der Waals surface area contributed by atoms with Crippen molar-refractivity contribution in [2.75, 3.05) is 13.7 Å². The van der Waals surface area contributed by atoms with Crippen molar-refractivity contribution in [1.29, 1.82) is 0 Å². The molecule has 0 amide bonds. The lowest BCUT2D eigenvalue weighted by atomic mass is 10.4. The quantitative estimate of drug-likeness (QED) is 0.348. The summed E-state index contributed by atoms with van der Waals surface area (Å²) in [4.78, 5) is 9.10. The van der Waals surface area contributed by atoms with Crippen molar-refractivity contribution in [2.24, 2.45) is 0 Å². The van der Waals surface area contributed by atoms with Crippen molar-refractivity contribution in [2.45, 2.75) is 26.2 Å². The molecule has 0 aliphatic carbocycles. The van der Waals surface area contributed by atoms with Crippen LogP contribution in [0.3, 0.4) is 0 Å². The molecule has 0 saturated heterocycles. The number of hydrogen-bond acceptors (Lipinski definition) is 4. The van der Waals surface area contributed by atoms with Crippen molar-refractivity contribution in [1.82, 2.24) is 0 Å². The summed E-state index contributed by atoms with van der Waals surface area (Å²) in [5.74, 6) is 0. The van der Waals surface area contributed by atoms with Crippen LogP contribution in [0.15, 0.2) is 0 Å². The van der Waals surface area contributed by atoms with Crippen molar-refractivity contribution in [3.63, 3.8) is 0 Å². The van der Waals surface area contributed by atoms with Crippen LogP contribution in [0, 0.1) is 0 Å². The maximum Gasteiger partial charge on any atom is 0.185 e. The fourth-order valence-corrected chi connectivity index (χ4v) is 0.438. The van der Waals surface area contributed by atoms with Gasteiger partial charge in [-0.3, -0.25) is 0 Å². The zero-order valence-electron chi connectivity index (χ0n) is 6.53. The Morgan fingerprint density at radius 3 is 2.30 bits per heavy atom. The second-order valence-corrected chi connectivity index (χ2v) is 2.06. The SMILES string of the molecule is COCC(C)OOC(C)O. The Bertz CT molecular complexity index is 74.1. The maximum absolute atomic E-state index is 8.58. The Kier molecular flexibility index (Phi) is 5.52. The third kappa shape index (κ3) is 5.97. The Labute approximate surface area is 60.6 Å². The summed E-state index contributed by atoms with van der Waals surface area (Å²) in [6.07, 6.45) is -1.04. The number of aliphatic hydroxyl groups excluding tert-OH is 1. The van der Waals surface area contributed by atoms with Gasteiger partial charge < -0.3 is 9.84 Å². The molecule has 10 heavy (non-hydrogen) atoms. The Hall–Kier alpha value is -0.160. The van der Waals surface area contributed by atoms with Crippen molar-refractivity contribution in [3.05, 3.63) is 0 Å². The smallest absolute Gasteiger partial charge is 0.185 e. The molecule has 1 N–H and O–H groups in total. The highest BCUT2D eigenvalue weighted by atomic mass is 17.2. The average molecular weight is 150 g/mol. The third-order valence-electron chi connectivity index (χ3n) is 0.760. The summed E-state index contributed by atoms with van der Waals surface area (Å²) in [5.41, 5.74) is 0. The van der Waals surface area contributed by atoms with Crippen molar-refractivity contribution in [3.8, 4) is 0 Å². The van der Waals surface area contributed by atoms with E-state index in [2.05, 4.69) is 9.78 Å². The highest BCUT2D eigenvalue weighted by Crippen LogP contribution is 1.94. The van der Waals surface area contributed by atoms with E-state index in [4.69, 9.17) is 9.84 Å². The Morgan fingerprint density at radius 1 is 1.30 bits per heavy atom. The van der Waals surface area contributed by atoms with E-state index in [0.29, 0.717) is 6.61 Å². The summed E-state index contributed by atoms with van der Waals surface area (Å²) in [5, 5.41) is 8.58. The predicted molar refractivity (Wildman–Crippen MR) is 35.2 cm³/mol. The van der Waals surface area contributed by atoms with E-state index >= 15 is 0 Å². The van der Waals surface area contributed by atoms with Crippen molar-refractivity contribution < 1.29 is 19.6 Å². The first kappa shape index (κ1) is 9.84. The maximum atomic E-state index is 8.58. The van der Waals surface area contributed by atoms with E-state index in [-0.39, 0.29) is 6.10 Å². The zero-order valence-corrected chi connectivity index (χ0v) is 6.53. The van der Waals surface area contributed by atoms with Crippen LogP contribution in [-0.4, -0.2) is 31.2 Å². The largest absolute Gasteiger partial charge is 0.382 e. The van der Waals surface area contributed by atoms with Crippen LogP contribution < -0.4 is 0 Å². The molecule has 2 unspecified atom stereocenters. The molecule has 0 aromatic rings. The van der Waals surface area contributed by atoms with E-state index in [0.717, 1.165) is 0 Å². The van der Waals surface area contributed by atoms with Crippen LogP contribution in [-0.2, 0) is 14.5 Å². The highest BCUT2D eigenvalue weighted by Gasteiger charge is 2.03. The molecule has 0 fully saturated rings. The molecular weight excluding hydrogens is 136 g/mol. The number of ether oxygens (including phenoxy) is 1. The van der Waals surface area contributed by atoms with E-state index in [1.165, 1.54) is 6.92 Å². The fraction of sp³-hybridized carbons (Fsp3) is 1.00. The van der Waals surface area contributed by atoms with Gasteiger partial charge in [0.25, 0.3) is 0 Å². The lowest BCUT2D eigenvalue weighted by Gasteiger charge is -2.11. The molecule has 0 heterocycles. The predicted octanol–water partition coefficient (Wildman–Crippen LogP) is 0.308. The van der Waals surface area contributed by atoms with E-state index in [1.807, 2.05) is 0 Å². The van der Waals surface area contributed by atoms with Crippen LogP contribution in [0.25, 0.3) is 0 Å². The first-order valence-corrected chi connectivity index (χ1v) is 3.16. The zero-order chi connectivity index (χ0) is 7.98. The minimum absolute atomic E-state index is 0.153. The summed E-state index contributed by atoms with van der Waals surface area (Å²) >= 11 is 0. The van der Waals surface area contributed by atoms with Gasteiger partial charge in [-0.05, 0) is 13.8 Å². The Morgan fingerprint density at radius 2 is 1.90 bits per heavy atom. The molecule has 0 rings (SSSR count). The monoisotopic (exact) mass is 150 g/mol. The molecule has 0 radical (unpaired) electrons. The molecule has 0 aromatic heterocycles. The molecule has 0 spiro atoms. The van der Waals surface area contributed by atoms with Crippen LogP contribution in [0.5, 0.6) is 0 Å². The second-order valence-electron chi connectivity index (χ2n) is 2.06. The summed E-state index contributed by atoms with van der Waals surface area (Å²) in [6, 6.07) is 0. The van der Waals surface area contributed by atoms with Crippen LogP contribution in [0.2, 0.25) is 0 Å². The number of hydrogen-bond donors (Lipinski definition) is 1. The molecule has 0 aliphatic rings. The van der Waals surface area contributed by atoms with Gasteiger partial charge in [0, 0.05) is 7.11 Å². The number of aliphatic hydroxyl groups is 1. The molecule has 0 aromatic carbocycles. The molecule has 4 nitrogen and oxygen atoms in total. The van der Waals surface area contributed by atoms with E-state index < -0.39 is 6.29 Å². The Balaban J connectivity index is 3.12. The number of rotatable bonds is 5. The molecule has 4 heteroatoms. The summed E-state index contributed by atoms with van der Waals surface area (Å²) in [7, 11) is 1.57. The molecule has 62 valence electrons. The molecule has 2 atom stereocenters. The second kappa shape index (κ2) is 5.61. The molecule has 0 saturated carbocycles. The van der Waals surface area contributed by atoms with Crippen LogP contribution >= 0.6 is 0 Å². The topological polar surface area (TPSA) is 47.9 Å². The standard InChI is InChI=1S/C6H14O4/c1-5(4-8-3)9-10-6(2)7/h5-7H,4H2,1-3H3. The third-order valence-corrected chi connectivity index (χ3v) is 0.760. The lowest BCUT2D eigenvalue weighted by Crippen LogP contribution is -2.18. The van der Waals surface area contributed by atoms with Gasteiger partial charge in [-0.25, -0.2) is 9.78 Å². The van der Waals surface area contributed by atoms with Gasteiger partial charge in [-0.1, -0.05) is 0 Å².